The molecule has 4 nitrogen and oxygen atoms in total. The van der Waals surface area contributed by atoms with Gasteiger partial charge in [-0.2, -0.15) is 0 Å². The van der Waals surface area contributed by atoms with Crippen molar-refractivity contribution in [2.75, 3.05) is 0 Å². The fourth-order valence-electron chi connectivity index (χ4n) is 0. The molecular formula is C8H11CoLiO4. The topological polar surface area (TPSA) is 80.3 Å². The van der Waals surface area contributed by atoms with E-state index < -0.39 is 11.9 Å². The van der Waals surface area contributed by atoms with Crippen LogP contribution in [0.1, 0.15) is 15.3 Å². The van der Waals surface area contributed by atoms with Crippen molar-refractivity contribution in [2.24, 2.45) is 0 Å². The summed E-state index contributed by atoms with van der Waals surface area (Å²) in [6.45, 7) is 8.95. The van der Waals surface area contributed by atoms with Crippen LogP contribution >= 0.6 is 0 Å². The summed E-state index contributed by atoms with van der Waals surface area (Å²) in [6.07, 6.45) is 0. The first-order valence-electron chi connectivity index (χ1n) is 3.02. The maximum Gasteiger partial charge on any atom is 2.00 e. The van der Waals surface area contributed by atoms with Gasteiger partial charge in [-0.1, -0.05) is 13.2 Å². The van der Waals surface area contributed by atoms with Gasteiger partial charge in [-0.05, 0) is 25.0 Å². The maximum atomic E-state index is 9.49. The SMILES string of the molecule is C=C(C)C(=O)[O-].C=C(C)C(=O)[O-].[Co+2].[H-].[Li+]. The minimum Gasteiger partial charge on any atom is -1.00 e. The van der Waals surface area contributed by atoms with Crippen molar-refractivity contribution in [3.63, 3.8) is 0 Å². The van der Waals surface area contributed by atoms with E-state index in [4.69, 9.17) is 0 Å². The van der Waals surface area contributed by atoms with Crippen molar-refractivity contribution in [3.8, 4) is 0 Å². The minimum absolute atomic E-state index is 0. The Morgan fingerprint density at radius 2 is 1.07 bits per heavy atom. The zero-order valence-corrected chi connectivity index (χ0v) is 9.42. The van der Waals surface area contributed by atoms with Gasteiger partial charge in [0.15, 0.2) is 0 Å². The van der Waals surface area contributed by atoms with Gasteiger partial charge in [-0.15, -0.1) is 0 Å². The van der Waals surface area contributed by atoms with Crippen molar-refractivity contribution < 1.29 is 56.9 Å². The Morgan fingerprint density at radius 1 is 1.00 bits per heavy atom. The zero-order chi connectivity index (χ0) is 10.3. The normalized spacial score (nSPS) is 6.43. The molecule has 0 saturated carbocycles. The molecule has 0 bridgehead atoms. The molecule has 0 aliphatic heterocycles. The predicted molar refractivity (Wildman–Crippen MR) is 40.8 cm³/mol. The molecule has 0 spiro atoms. The second-order valence-corrected chi connectivity index (χ2v) is 2.14. The standard InChI is InChI=1S/2C4H6O2.Co.Li.H/c2*1-3(2)4(5)6;;;/h2*1H2,2H3,(H,5,6);;;/q;;+2;+1;-1/p-2. The number of rotatable bonds is 2. The third-order valence-electron chi connectivity index (χ3n) is 0.697. The Kier molecular flexibility index (Phi) is 20.9. The molecule has 0 rings (SSSR count). The maximum absolute atomic E-state index is 9.49. The van der Waals surface area contributed by atoms with Crippen LogP contribution in [0.3, 0.4) is 0 Å². The van der Waals surface area contributed by atoms with Gasteiger partial charge in [0.25, 0.3) is 0 Å². The average molecular weight is 237 g/mol. The summed E-state index contributed by atoms with van der Waals surface area (Å²) in [4.78, 5) is 19.0. The Morgan fingerprint density at radius 3 is 1.07 bits per heavy atom. The van der Waals surface area contributed by atoms with Crippen molar-refractivity contribution in [1.29, 1.82) is 0 Å². The Labute approximate surface area is 107 Å². The van der Waals surface area contributed by atoms with E-state index in [-0.39, 0.29) is 48.2 Å². The smallest absolute Gasteiger partial charge is 1.00 e. The summed E-state index contributed by atoms with van der Waals surface area (Å²) in [5, 5.41) is 19.0. The molecule has 0 unspecified atom stereocenters. The van der Waals surface area contributed by atoms with Gasteiger partial charge in [0.1, 0.15) is 0 Å². The van der Waals surface area contributed by atoms with Crippen LogP contribution in [0.15, 0.2) is 24.3 Å². The molecule has 0 aromatic carbocycles. The molecule has 0 aromatic heterocycles. The molecule has 0 fully saturated rings. The van der Waals surface area contributed by atoms with E-state index in [1.807, 2.05) is 0 Å². The fourth-order valence-corrected chi connectivity index (χ4v) is 0. The van der Waals surface area contributed by atoms with E-state index in [1.54, 1.807) is 0 Å². The summed E-state index contributed by atoms with van der Waals surface area (Å²) >= 11 is 0. The first kappa shape index (κ1) is 23.4. The van der Waals surface area contributed by atoms with Crippen LogP contribution in [0.25, 0.3) is 0 Å². The number of hydrogen-bond acceptors (Lipinski definition) is 4. The van der Waals surface area contributed by atoms with Crippen LogP contribution in [-0.2, 0) is 26.4 Å². The number of carbonyl (C=O) groups is 2. The summed E-state index contributed by atoms with van der Waals surface area (Å²) in [6, 6.07) is 0. The van der Waals surface area contributed by atoms with E-state index in [1.165, 1.54) is 13.8 Å². The Balaban J connectivity index is -0.0000000370. The summed E-state index contributed by atoms with van der Waals surface area (Å²) in [5.74, 6) is -2.37. The van der Waals surface area contributed by atoms with Crippen LogP contribution < -0.4 is 29.1 Å². The Bertz CT molecular complexity index is 183. The van der Waals surface area contributed by atoms with Crippen LogP contribution in [0, 0.1) is 0 Å². The molecule has 1 radical (unpaired) electrons. The van der Waals surface area contributed by atoms with E-state index in [0.29, 0.717) is 0 Å². The van der Waals surface area contributed by atoms with E-state index >= 15 is 0 Å². The molecule has 0 N–H and O–H groups in total. The summed E-state index contributed by atoms with van der Waals surface area (Å²) in [7, 11) is 0. The van der Waals surface area contributed by atoms with Crippen molar-refractivity contribution >= 4 is 11.9 Å². The largest absolute Gasteiger partial charge is 2.00 e. The number of carbonyl (C=O) groups excluding carboxylic acids is 2. The molecule has 0 aliphatic rings. The number of hydrogen-bond donors (Lipinski definition) is 0. The second kappa shape index (κ2) is 12.5. The molecular weight excluding hydrogens is 226 g/mol. The van der Waals surface area contributed by atoms with Gasteiger partial charge in [-0.3, -0.25) is 0 Å². The van der Waals surface area contributed by atoms with E-state index in [0.717, 1.165) is 0 Å². The first-order valence-corrected chi connectivity index (χ1v) is 3.02. The monoisotopic (exact) mass is 237 g/mol. The van der Waals surface area contributed by atoms with Gasteiger partial charge in [-0.25, -0.2) is 0 Å². The molecule has 6 heteroatoms. The molecule has 77 valence electrons. The molecule has 0 saturated heterocycles. The predicted octanol–water partition coefficient (Wildman–Crippen LogP) is -4.26. The van der Waals surface area contributed by atoms with Crippen LogP contribution in [0.2, 0.25) is 0 Å². The number of aliphatic carboxylic acids is 2. The average Bonchev–Trinajstić information content (AvgIpc) is 1.88. The Hall–Kier alpha value is -0.476. The molecule has 0 atom stereocenters. The molecule has 0 amide bonds. The molecule has 14 heavy (non-hydrogen) atoms. The number of carboxylic acid groups (broad SMARTS) is 2. The summed E-state index contributed by atoms with van der Waals surface area (Å²) < 4.78 is 0. The second-order valence-electron chi connectivity index (χ2n) is 2.14. The van der Waals surface area contributed by atoms with Gasteiger partial charge in [0.2, 0.25) is 0 Å². The first-order chi connectivity index (χ1) is 5.29. The third-order valence-corrected chi connectivity index (χ3v) is 0.697. The quantitative estimate of drug-likeness (QED) is 0.360. The zero-order valence-electron chi connectivity index (χ0n) is 9.38. The third kappa shape index (κ3) is 22.5. The summed E-state index contributed by atoms with van der Waals surface area (Å²) in [5.41, 5.74) is 0.130. The molecule has 0 heterocycles. The van der Waals surface area contributed by atoms with Gasteiger partial charge >= 0.3 is 35.6 Å². The molecule has 0 aliphatic carbocycles. The van der Waals surface area contributed by atoms with Crippen molar-refractivity contribution in [1.82, 2.24) is 0 Å². The fraction of sp³-hybridized carbons (Fsp3) is 0.250. The van der Waals surface area contributed by atoms with Crippen LogP contribution in [-0.4, -0.2) is 11.9 Å². The van der Waals surface area contributed by atoms with E-state index in [9.17, 15) is 19.8 Å². The van der Waals surface area contributed by atoms with Gasteiger partial charge in [0, 0.05) is 0 Å². The number of carboxylic acids is 2. The van der Waals surface area contributed by atoms with Crippen LogP contribution in [0.5, 0.6) is 0 Å². The van der Waals surface area contributed by atoms with Crippen molar-refractivity contribution in [2.45, 2.75) is 13.8 Å². The molecule has 0 aromatic rings. The van der Waals surface area contributed by atoms with Gasteiger partial charge in [0.05, 0.1) is 11.9 Å². The van der Waals surface area contributed by atoms with Crippen LogP contribution in [0.4, 0.5) is 0 Å². The van der Waals surface area contributed by atoms with E-state index in [2.05, 4.69) is 13.2 Å². The van der Waals surface area contributed by atoms with Gasteiger partial charge < -0.3 is 21.2 Å². The van der Waals surface area contributed by atoms with Crippen molar-refractivity contribution in [3.05, 3.63) is 24.3 Å². The minimum atomic E-state index is -1.19.